The van der Waals surface area contributed by atoms with Crippen LogP contribution in [0.5, 0.6) is 28.7 Å². The first-order valence-corrected chi connectivity index (χ1v) is 19.4. The maximum atomic E-state index is 14.7. The van der Waals surface area contributed by atoms with Gasteiger partial charge < -0.3 is 34.3 Å². The van der Waals surface area contributed by atoms with E-state index in [1.54, 1.807) is 31.0 Å². The molecule has 0 aliphatic carbocycles. The average Bonchev–Trinajstić information content (AvgIpc) is 3.64. The average molecular weight is 741 g/mol. The molecule has 3 aromatic carbocycles. The number of aromatic hydroxyl groups is 2. The lowest BCUT2D eigenvalue weighted by atomic mass is 9.70. The largest absolute Gasteiger partial charge is 0.508 e. The van der Waals surface area contributed by atoms with Gasteiger partial charge in [0.25, 0.3) is 0 Å². The number of nitriles is 1. The highest BCUT2D eigenvalue weighted by atomic mass is 32.2. The molecule has 7 aliphatic rings. The molecule has 0 unspecified atom stereocenters. The van der Waals surface area contributed by atoms with Crippen LogP contribution in [0.2, 0.25) is 0 Å². The summed E-state index contributed by atoms with van der Waals surface area (Å²) in [7, 11) is 1.58. The molecule has 4 bridgehead atoms. The fraction of sp³-hybridized carbons (Fsp3) is 0.500. The number of carbonyl (C=O) groups excluding carboxylic acids is 1. The van der Waals surface area contributed by atoms with Crippen molar-refractivity contribution in [3.63, 3.8) is 0 Å². The lowest BCUT2D eigenvalue weighted by Gasteiger charge is -2.62. The molecule has 53 heavy (non-hydrogen) atoms. The van der Waals surface area contributed by atoms with Crippen molar-refractivity contribution in [2.24, 2.45) is 0 Å². The molecule has 7 atom stereocenters. The van der Waals surface area contributed by atoms with Gasteiger partial charge in [0, 0.05) is 46.3 Å². The van der Waals surface area contributed by atoms with E-state index in [2.05, 4.69) is 41.1 Å². The molecular formula is C40H44N4O8S. The van der Waals surface area contributed by atoms with Crippen LogP contribution >= 0.6 is 11.8 Å². The number of thioether (sulfide) groups is 1. The van der Waals surface area contributed by atoms with Crippen molar-refractivity contribution < 1.29 is 39.1 Å². The van der Waals surface area contributed by atoms with E-state index >= 15 is 0 Å². The number of ether oxygens (including phenoxy) is 4. The number of hydrogen-bond donors (Lipinski definition) is 4. The third kappa shape index (κ3) is 4.59. The molecule has 1 spiro atoms. The van der Waals surface area contributed by atoms with Gasteiger partial charge in [-0.15, -0.1) is 11.8 Å². The van der Waals surface area contributed by atoms with Crippen LogP contribution in [0.1, 0.15) is 79.9 Å². The normalized spacial score (nSPS) is 29.8. The molecule has 7 heterocycles. The van der Waals surface area contributed by atoms with Crippen molar-refractivity contribution in [3.05, 3.63) is 73.8 Å². The summed E-state index contributed by atoms with van der Waals surface area (Å²) in [6.07, 6.45) is 1.16. The number of nitrogens with one attached hydrogen (secondary N) is 1. The summed E-state index contributed by atoms with van der Waals surface area (Å²) in [6, 6.07) is 6.19. The first-order chi connectivity index (χ1) is 25.6. The van der Waals surface area contributed by atoms with Crippen molar-refractivity contribution in [2.75, 3.05) is 39.4 Å². The van der Waals surface area contributed by atoms with Gasteiger partial charge in [0.05, 0.1) is 31.9 Å². The van der Waals surface area contributed by atoms with Crippen molar-refractivity contribution in [1.29, 1.82) is 5.26 Å². The molecule has 2 fully saturated rings. The van der Waals surface area contributed by atoms with Gasteiger partial charge in [-0.3, -0.25) is 15.1 Å². The summed E-state index contributed by atoms with van der Waals surface area (Å²) in [5, 5.41) is 47.4. The van der Waals surface area contributed by atoms with Gasteiger partial charge in [-0.25, -0.2) is 4.79 Å². The number of fused-ring (bicyclic) bond motifs is 9. The van der Waals surface area contributed by atoms with E-state index < -0.39 is 23.6 Å². The molecule has 4 N–H and O–H groups in total. The van der Waals surface area contributed by atoms with Crippen LogP contribution in [0.15, 0.2) is 18.2 Å². The first-order valence-electron chi connectivity index (χ1n) is 18.3. The molecule has 278 valence electrons. The Morgan fingerprint density at radius 1 is 1.08 bits per heavy atom. The van der Waals surface area contributed by atoms with Crippen LogP contribution in [-0.2, 0) is 34.5 Å². The minimum Gasteiger partial charge on any atom is -0.508 e. The Labute approximate surface area is 312 Å². The van der Waals surface area contributed by atoms with E-state index in [-0.39, 0.29) is 60.6 Å². The highest BCUT2D eigenvalue weighted by Gasteiger charge is 2.61. The summed E-state index contributed by atoms with van der Waals surface area (Å²) in [4.78, 5) is 19.3. The lowest BCUT2D eigenvalue weighted by molar-refractivity contribution is -0.157. The maximum Gasteiger partial charge on any atom is 0.331 e. The number of phenols is 2. The molecule has 13 heteroatoms. The first kappa shape index (κ1) is 34.6. The molecule has 0 aromatic heterocycles. The topological polar surface area (TPSA) is 157 Å². The predicted molar refractivity (Wildman–Crippen MR) is 195 cm³/mol. The van der Waals surface area contributed by atoms with E-state index in [0.717, 1.165) is 44.5 Å². The minimum atomic E-state index is -1.28. The van der Waals surface area contributed by atoms with Crippen molar-refractivity contribution in [2.45, 2.75) is 88.1 Å². The Kier molecular flexibility index (Phi) is 8.11. The van der Waals surface area contributed by atoms with Crippen LogP contribution < -0.4 is 19.5 Å². The summed E-state index contributed by atoms with van der Waals surface area (Å²) in [6.45, 7) is 8.98. The molecule has 2 saturated heterocycles. The molecule has 7 aliphatic heterocycles. The standard InChI is InChI=1S/C40H44N4O8S/c1-6-43-25-11-22-9-18(2)35(49-5)34(47)30(22)32(43)33-38-29-19(3)20(4)36-37(52-17-51-36)31(29)27(44(33)26(25)13-41)15-50-39(48)40(16-53-38)24-10-23(14-45)28(46)12-21(24)7-8-42-40/h9-10,12,25-27,32-33,38,42,45-47H,6-8,11,14-17H2,1-5H3/t25-,26-,27-,32+,33+,38+,40+/m0/s1. The Morgan fingerprint density at radius 2 is 1.87 bits per heavy atom. The van der Waals surface area contributed by atoms with Crippen molar-refractivity contribution in [3.8, 4) is 34.8 Å². The summed E-state index contributed by atoms with van der Waals surface area (Å²) in [5.41, 5.74) is 7.23. The van der Waals surface area contributed by atoms with E-state index in [4.69, 9.17) is 18.9 Å². The van der Waals surface area contributed by atoms with Gasteiger partial charge in [0.1, 0.15) is 18.4 Å². The minimum absolute atomic E-state index is 0.00427. The molecule has 3 aromatic rings. The molecule has 0 saturated carbocycles. The van der Waals surface area contributed by atoms with Gasteiger partial charge in [-0.1, -0.05) is 13.0 Å². The number of carbonyl (C=O) groups is 1. The number of methoxy groups -OCH3 is 1. The zero-order valence-corrected chi connectivity index (χ0v) is 31.3. The molecule has 10 rings (SSSR count). The Bertz CT molecular complexity index is 2120. The molecule has 0 amide bonds. The van der Waals surface area contributed by atoms with Crippen LogP contribution in [0.4, 0.5) is 0 Å². The van der Waals surface area contributed by atoms with E-state index in [0.29, 0.717) is 54.3 Å². The zero-order chi connectivity index (χ0) is 37.1. The summed E-state index contributed by atoms with van der Waals surface area (Å²) in [5.74, 6) is 1.68. The van der Waals surface area contributed by atoms with Crippen molar-refractivity contribution in [1.82, 2.24) is 15.1 Å². The van der Waals surface area contributed by atoms with Gasteiger partial charge in [0.2, 0.25) is 6.79 Å². The number of esters is 1. The van der Waals surface area contributed by atoms with Gasteiger partial charge in [0.15, 0.2) is 28.5 Å². The number of nitrogens with zero attached hydrogens (tertiary/aromatic N) is 3. The summed E-state index contributed by atoms with van der Waals surface area (Å²) >= 11 is 1.63. The Hall–Kier alpha value is -4.19. The third-order valence-electron chi connectivity index (χ3n) is 12.8. The van der Waals surface area contributed by atoms with E-state index in [1.165, 1.54) is 0 Å². The highest BCUT2D eigenvalue weighted by Crippen LogP contribution is 2.63. The zero-order valence-electron chi connectivity index (χ0n) is 30.5. The number of aryl methyl sites for hydroxylation is 1. The number of likely N-dealkylation sites (N-methyl/N-ethyl adjacent to an activating group) is 1. The monoisotopic (exact) mass is 740 g/mol. The van der Waals surface area contributed by atoms with Crippen LogP contribution in [0, 0.1) is 32.1 Å². The Balaban J connectivity index is 1.32. The second-order valence-corrected chi connectivity index (χ2v) is 16.2. The number of benzene rings is 3. The fourth-order valence-electron chi connectivity index (χ4n) is 10.4. The number of phenolic OH excluding ortho intramolecular Hbond substituents is 1. The third-order valence-corrected chi connectivity index (χ3v) is 14.3. The smallest absolute Gasteiger partial charge is 0.331 e. The molecule has 12 nitrogen and oxygen atoms in total. The van der Waals surface area contributed by atoms with E-state index in [1.807, 2.05) is 13.8 Å². The summed E-state index contributed by atoms with van der Waals surface area (Å²) < 4.78 is 24.6. The Morgan fingerprint density at radius 3 is 2.60 bits per heavy atom. The van der Waals surface area contributed by atoms with E-state index in [9.17, 15) is 25.4 Å². The highest BCUT2D eigenvalue weighted by molar-refractivity contribution is 7.99. The lowest BCUT2D eigenvalue weighted by Crippen LogP contribution is -2.70. The number of piperazine rings is 1. The quantitative estimate of drug-likeness (QED) is 0.283. The SMILES string of the molecule is CCN1[C@@H]2c3c(cc(C)c(OC)c3O)C[C@H]1[C@H](C#N)N1[C@H]2[C@@H]2SC[C@]3(NCCc4cc(O)c(CO)cc43)C(=O)OC[C@H]1c1c3c(c(C)c(C)c12)OCO3. The van der Waals surface area contributed by atoms with Gasteiger partial charge in [-0.05, 0) is 91.2 Å². The molecular weight excluding hydrogens is 697 g/mol. The molecule has 0 radical (unpaired) electrons. The number of aliphatic hydroxyl groups is 1. The maximum absolute atomic E-state index is 14.7. The number of rotatable bonds is 3. The van der Waals surface area contributed by atoms with Gasteiger partial charge >= 0.3 is 5.97 Å². The van der Waals surface area contributed by atoms with Crippen molar-refractivity contribution >= 4 is 17.7 Å². The predicted octanol–water partition coefficient (Wildman–Crippen LogP) is 4.24. The number of aliphatic hydroxyl groups excluding tert-OH is 1. The number of hydrogen-bond acceptors (Lipinski definition) is 13. The van der Waals surface area contributed by atoms with Crippen LogP contribution in [-0.4, -0.2) is 88.6 Å². The second-order valence-electron chi connectivity index (χ2n) is 15.1. The van der Waals surface area contributed by atoms with Crippen LogP contribution in [0.25, 0.3) is 0 Å². The van der Waals surface area contributed by atoms with Gasteiger partial charge in [-0.2, -0.15) is 5.26 Å². The van der Waals surface area contributed by atoms with Crippen LogP contribution in [0.3, 0.4) is 0 Å². The second kappa shape index (κ2) is 12.4. The fourth-order valence-corrected chi connectivity index (χ4v) is 12.2.